The molecule has 30 heavy (non-hydrogen) atoms. The molecule has 0 radical (unpaired) electrons. The van der Waals surface area contributed by atoms with Gasteiger partial charge in [0.1, 0.15) is 17.7 Å². The number of hydrogen-bond acceptors (Lipinski definition) is 5. The fourth-order valence-electron chi connectivity index (χ4n) is 2.88. The summed E-state index contributed by atoms with van der Waals surface area (Å²) in [5, 5.41) is 5.47. The summed E-state index contributed by atoms with van der Waals surface area (Å²) in [4.78, 5) is 39.5. The van der Waals surface area contributed by atoms with Gasteiger partial charge in [-0.2, -0.15) is 12.6 Å². The van der Waals surface area contributed by atoms with Crippen molar-refractivity contribution in [2.45, 2.75) is 64.6 Å². The number of unbranched alkanes of at least 4 members (excludes halogenated alkanes) is 2. The molecule has 2 N–H and O–H groups in total. The highest BCUT2D eigenvalue weighted by Gasteiger charge is 2.33. The number of nitrogens with zero attached hydrogens (tertiary/aromatic N) is 1. The lowest BCUT2D eigenvalue weighted by Gasteiger charge is -2.31. The second kappa shape index (κ2) is 12.5. The number of carbonyl (C=O) groups is 3. The van der Waals surface area contributed by atoms with E-state index < -0.39 is 29.7 Å². The summed E-state index contributed by atoms with van der Waals surface area (Å²) in [6.07, 6.45) is 2.24. The fraction of sp³-hybridized carbons (Fsp3) is 0.591. The highest BCUT2D eigenvalue weighted by Crippen LogP contribution is 2.21. The standard InChI is InChI=1S/C22H35N3O4S/c1-6-7-11-14-23-19(26)18(16-12-9-8-10-13-16)25(5)20(27)17(15-30)24-21(28)29-22(2,3)4/h8-10,12-13,17-18,30H,6-7,11,14-15H2,1-5H3,(H,23,26)(H,24,28). The van der Waals surface area contributed by atoms with Crippen LogP contribution in [0.3, 0.4) is 0 Å². The lowest BCUT2D eigenvalue weighted by molar-refractivity contribution is -0.140. The van der Waals surface area contributed by atoms with E-state index >= 15 is 0 Å². The Morgan fingerprint density at radius 1 is 1.13 bits per heavy atom. The van der Waals surface area contributed by atoms with E-state index in [-0.39, 0.29) is 11.7 Å². The van der Waals surface area contributed by atoms with Gasteiger partial charge in [-0.15, -0.1) is 0 Å². The summed E-state index contributed by atoms with van der Waals surface area (Å²) in [5.74, 6) is -0.612. The molecular formula is C22H35N3O4S. The van der Waals surface area contributed by atoms with Gasteiger partial charge in [-0.25, -0.2) is 4.79 Å². The Balaban J connectivity index is 2.97. The average Bonchev–Trinajstić information content (AvgIpc) is 2.68. The van der Waals surface area contributed by atoms with E-state index in [2.05, 4.69) is 30.2 Å². The van der Waals surface area contributed by atoms with Crippen molar-refractivity contribution in [3.8, 4) is 0 Å². The fourth-order valence-corrected chi connectivity index (χ4v) is 3.13. The SMILES string of the molecule is CCCCCNC(=O)C(c1ccccc1)N(C)C(=O)C(CS)NC(=O)OC(C)(C)C. The zero-order valence-electron chi connectivity index (χ0n) is 18.6. The van der Waals surface area contributed by atoms with Gasteiger partial charge in [-0.05, 0) is 32.8 Å². The molecular weight excluding hydrogens is 402 g/mol. The molecule has 0 heterocycles. The van der Waals surface area contributed by atoms with Crippen molar-refractivity contribution in [2.24, 2.45) is 0 Å². The lowest BCUT2D eigenvalue weighted by Crippen LogP contribution is -2.52. The van der Waals surface area contributed by atoms with Crippen LogP contribution >= 0.6 is 12.6 Å². The summed E-state index contributed by atoms with van der Waals surface area (Å²) >= 11 is 4.20. The second-order valence-corrected chi connectivity index (χ2v) is 8.51. The number of hydrogen-bond donors (Lipinski definition) is 3. The molecule has 0 aliphatic carbocycles. The number of thiol groups is 1. The summed E-state index contributed by atoms with van der Waals surface area (Å²) in [7, 11) is 1.55. The third-order valence-corrected chi connectivity index (χ3v) is 4.71. The van der Waals surface area contributed by atoms with Gasteiger partial charge in [0.05, 0.1) is 0 Å². The third kappa shape index (κ3) is 8.65. The summed E-state index contributed by atoms with van der Waals surface area (Å²) < 4.78 is 5.23. The Hall–Kier alpha value is -2.22. The molecule has 0 aromatic heterocycles. The van der Waals surface area contributed by atoms with Gasteiger partial charge < -0.3 is 20.3 Å². The molecule has 0 bridgehead atoms. The topological polar surface area (TPSA) is 87.7 Å². The van der Waals surface area contributed by atoms with Crippen LogP contribution in [0.4, 0.5) is 4.79 Å². The first-order chi connectivity index (χ1) is 14.1. The van der Waals surface area contributed by atoms with Crippen LogP contribution in [0.5, 0.6) is 0 Å². The van der Waals surface area contributed by atoms with Crippen LogP contribution in [0.25, 0.3) is 0 Å². The predicted octanol–water partition coefficient (Wildman–Crippen LogP) is 3.32. The Bertz CT molecular complexity index is 691. The van der Waals surface area contributed by atoms with Gasteiger partial charge in [0, 0.05) is 19.3 Å². The molecule has 168 valence electrons. The van der Waals surface area contributed by atoms with Gasteiger partial charge in [0.2, 0.25) is 11.8 Å². The van der Waals surface area contributed by atoms with Crippen LogP contribution < -0.4 is 10.6 Å². The number of nitrogens with one attached hydrogen (secondary N) is 2. The molecule has 0 aliphatic rings. The first-order valence-corrected chi connectivity index (χ1v) is 10.9. The number of rotatable bonds is 10. The third-order valence-electron chi connectivity index (χ3n) is 4.35. The molecule has 3 amide bonds. The molecule has 0 fully saturated rings. The van der Waals surface area contributed by atoms with Crippen LogP contribution in [0.1, 0.15) is 58.6 Å². The van der Waals surface area contributed by atoms with Crippen molar-refractivity contribution < 1.29 is 19.1 Å². The van der Waals surface area contributed by atoms with E-state index in [1.165, 1.54) is 4.90 Å². The number of alkyl carbamates (subject to hydrolysis) is 1. The molecule has 1 aromatic carbocycles. The van der Waals surface area contributed by atoms with Crippen molar-refractivity contribution in [3.63, 3.8) is 0 Å². The Morgan fingerprint density at radius 3 is 2.30 bits per heavy atom. The molecule has 2 unspecified atom stereocenters. The molecule has 0 saturated heterocycles. The van der Waals surface area contributed by atoms with Gasteiger partial charge >= 0.3 is 6.09 Å². The number of amides is 3. The van der Waals surface area contributed by atoms with Crippen LogP contribution in [0, 0.1) is 0 Å². The van der Waals surface area contributed by atoms with Crippen molar-refractivity contribution in [2.75, 3.05) is 19.3 Å². The molecule has 1 aromatic rings. The number of likely N-dealkylation sites (N-methyl/N-ethyl adjacent to an activating group) is 1. The van der Waals surface area contributed by atoms with E-state index in [0.29, 0.717) is 12.1 Å². The molecule has 7 nitrogen and oxygen atoms in total. The summed E-state index contributed by atoms with van der Waals surface area (Å²) in [6, 6.07) is 7.35. The van der Waals surface area contributed by atoms with Crippen molar-refractivity contribution >= 4 is 30.5 Å². The average molecular weight is 438 g/mol. The van der Waals surface area contributed by atoms with Crippen molar-refractivity contribution in [1.29, 1.82) is 0 Å². The molecule has 0 aliphatic heterocycles. The largest absolute Gasteiger partial charge is 0.444 e. The Labute approximate surface area is 185 Å². The van der Waals surface area contributed by atoms with E-state index in [0.717, 1.165) is 19.3 Å². The lowest BCUT2D eigenvalue weighted by atomic mass is 10.0. The minimum atomic E-state index is -0.924. The number of ether oxygens (including phenoxy) is 1. The monoisotopic (exact) mass is 437 g/mol. The van der Waals surface area contributed by atoms with Gasteiger partial charge in [0.15, 0.2) is 0 Å². The maximum atomic E-state index is 13.1. The normalized spacial score (nSPS) is 13.1. The minimum absolute atomic E-state index is 0.0715. The smallest absolute Gasteiger partial charge is 0.408 e. The predicted molar refractivity (Wildman–Crippen MR) is 121 cm³/mol. The quantitative estimate of drug-likeness (QED) is 0.387. The van der Waals surface area contributed by atoms with Gasteiger partial charge in [-0.1, -0.05) is 50.1 Å². The van der Waals surface area contributed by atoms with Crippen LogP contribution in [-0.2, 0) is 14.3 Å². The number of carbonyl (C=O) groups excluding carboxylic acids is 3. The summed E-state index contributed by atoms with van der Waals surface area (Å²) in [5.41, 5.74) is 0.00187. The Morgan fingerprint density at radius 2 is 1.77 bits per heavy atom. The van der Waals surface area contributed by atoms with Crippen LogP contribution in [-0.4, -0.2) is 53.8 Å². The maximum absolute atomic E-state index is 13.1. The summed E-state index contributed by atoms with van der Waals surface area (Å²) in [6.45, 7) is 7.86. The number of benzene rings is 1. The molecule has 0 saturated carbocycles. The van der Waals surface area contributed by atoms with Crippen molar-refractivity contribution in [3.05, 3.63) is 35.9 Å². The molecule has 1 rings (SSSR count). The molecule has 2 atom stereocenters. The second-order valence-electron chi connectivity index (χ2n) is 8.14. The molecule has 0 spiro atoms. The van der Waals surface area contributed by atoms with Crippen molar-refractivity contribution in [1.82, 2.24) is 15.5 Å². The minimum Gasteiger partial charge on any atom is -0.444 e. The highest BCUT2D eigenvalue weighted by atomic mass is 32.1. The maximum Gasteiger partial charge on any atom is 0.408 e. The zero-order valence-corrected chi connectivity index (χ0v) is 19.5. The first-order valence-electron chi connectivity index (χ1n) is 10.3. The van der Waals surface area contributed by atoms with Crippen LogP contribution in [0.15, 0.2) is 30.3 Å². The Kier molecular flexibility index (Phi) is 10.7. The van der Waals surface area contributed by atoms with Crippen LogP contribution in [0.2, 0.25) is 0 Å². The van der Waals surface area contributed by atoms with E-state index in [1.807, 2.05) is 18.2 Å². The highest BCUT2D eigenvalue weighted by molar-refractivity contribution is 7.80. The zero-order chi connectivity index (χ0) is 22.7. The van der Waals surface area contributed by atoms with E-state index in [9.17, 15) is 14.4 Å². The van der Waals surface area contributed by atoms with Gasteiger partial charge in [-0.3, -0.25) is 9.59 Å². The molecule has 8 heteroatoms. The van der Waals surface area contributed by atoms with Gasteiger partial charge in [0.25, 0.3) is 0 Å². The van der Waals surface area contributed by atoms with E-state index in [4.69, 9.17) is 4.74 Å². The van der Waals surface area contributed by atoms with E-state index in [1.54, 1.807) is 40.0 Å². The first kappa shape index (κ1) is 25.8.